The highest BCUT2D eigenvalue weighted by Crippen LogP contribution is 2.33. The SMILES string of the molecule is CSC1N=C(C(CCC(=O)O)C(=O)O)C([N+](=O)[O-])=C(Oc2ccc(C#N)c(N(C)C)c2)N1N. The second kappa shape index (κ2) is 10.7. The number of benzene rings is 1. The summed E-state index contributed by atoms with van der Waals surface area (Å²) >= 11 is 1.07. The summed E-state index contributed by atoms with van der Waals surface area (Å²) in [6, 6.07) is 6.40. The second-order valence-electron chi connectivity index (χ2n) is 7.00. The first kappa shape index (κ1) is 25.4. The van der Waals surface area contributed by atoms with Crippen LogP contribution >= 0.6 is 11.8 Å². The van der Waals surface area contributed by atoms with Crippen LogP contribution in [0, 0.1) is 27.4 Å². The molecule has 176 valence electrons. The maximum absolute atomic E-state index is 12.0. The van der Waals surface area contributed by atoms with Crippen molar-refractivity contribution in [1.82, 2.24) is 5.01 Å². The molecular formula is C19H22N6O7S. The van der Waals surface area contributed by atoms with E-state index in [1.54, 1.807) is 25.3 Å². The highest BCUT2D eigenvalue weighted by molar-refractivity contribution is 7.99. The van der Waals surface area contributed by atoms with E-state index < -0.39 is 58.4 Å². The summed E-state index contributed by atoms with van der Waals surface area (Å²) in [5, 5.41) is 40.8. The van der Waals surface area contributed by atoms with Crippen LogP contribution in [0.25, 0.3) is 0 Å². The summed E-state index contributed by atoms with van der Waals surface area (Å²) in [4.78, 5) is 39.7. The molecule has 1 aromatic rings. The number of allylic oxidation sites excluding steroid dienone is 1. The molecule has 1 aliphatic heterocycles. The van der Waals surface area contributed by atoms with Crippen molar-refractivity contribution in [3.8, 4) is 11.8 Å². The van der Waals surface area contributed by atoms with Crippen LogP contribution in [0.2, 0.25) is 0 Å². The third-order valence-electron chi connectivity index (χ3n) is 4.62. The van der Waals surface area contributed by atoms with E-state index in [2.05, 4.69) is 4.99 Å². The molecule has 1 aliphatic rings. The molecular weight excluding hydrogens is 456 g/mol. The van der Waals surface area contributed by atoms with Gasteiger partial charge in [0.15, 0.2) is 5.50 Å². The van der Waals surface area contributed by atoms with Crippen molar-refractivity contribution in [3.05, 3.63) is 45.5 Å². The van der Waals surface area contributed by atoms with Gasteiger partial charge in [0.1, 0.15) is 23.4 Å². The number of carbonyl (C=O) groups is 2. The standard InChI is InChI=1S/C19H22N6O7S/c1-23(2)13-8-11(5-4-10(13)9-20)32-17-16(25(30)31)15(22-19(33-3)24(17)21)12(18(28)29)6-7-14(26)27/h4-5,8,12,19H,6-7,21H2,1-3H3,(H,26,27)(H,28,29). The van der Waals surface area contributed by atoms with Gasteiger partial charge in [-0.2, -0.15) is 5.26 Å². The molecule has 1 aromatic carbocycles. The summed E-state index contributed by atoms with van der Waals surface area (Å²) in [6.45, 7) is 0. The maximum Gasteiger partial charge on any atom is 0.352 e. The van der Waals surface area contributed by atoms with Crippen molar-refractivity contribution in [3.63, 3.8) is 0 Å². The number of rotatable bonds is 10. The molecule has 0 saturated heterocycles. The van der Waals surface area contributed by atoms with E-state index in [9.17, 15) is 30.1 Å². The first-order valence-electron chi connectivity index (χ1n) is 9.39. The minimum absolute atomic E-state index is 0.112. The summed E-state index contributed by atoms with van der Waals surface area (Å²) < 4.78 is 5.75. The fourth-order valence-electron chi connectivity index (χ4n) is 3.06. The molecule has 0 bridgehead atoms. The summed E-state index contributed by atoms with van der Waals surface area (Å²) in [6.07, 6.45) is 0.663. The lowest BCUT2D eigenvalue weighted by atomic mass is 9.94. The minimum atomic E-state index is -1.57. The topological polar surface area (TPSA) is 196 Å². The molecule has 0 saturated carbocycles. The number of carboxylic acid groups (broad SMARTS) is 2. The van der Waals surface area contributed by atoms with Crippen LogP contribution in [0.1, 0.15) is 18.4 Å². The molecule has 2 unspecified atom stereocenters. The second-order valence-corrected chi connectivity index (χ2v) is 7.90. The Labute approximate surface area is 192 Å². The van der Waals surface area contributed by atoms with Crippen LogP contribution in [0.3, 0.4) is 0 Å². The fourth-order valence-corrected chi connectivity index (χ4v) is 3.61. The van der Waals surface area contributed by atoms with Crippen LogP contribution in [0.5, 0.6) is 5.75 Å². The van der Waals surface area contributed by atoms with E-state index in [-0.39, 0.29) is 5.75 Å². The van der Waals surface area contributed by atoms with E-state index in [4.69, 9.17) is 15.7 Å². The molecule has 2 atom stereocenters. The average molecular weight is 478 g/mol. The van der Waals surface area contributed by atoms with Gasteiger partial charge < -0.3 is 19.8 Å². The Morgan fingerprint density at radius 1 is 1.45 bits per heavy atom. The number of nitro groups is 1. The number of ether oxygens (including phenoxy) is 1. The number of anilines is 1. The van der Waals surface area contributed by atoms with Gasteiger partial charge in [0.05, 0.1) is 16.2 Å². The number of nitrogens with zero attached hydrogens (tertiary/aromatic N) is 5. The number of thioether (sulfide) groups is 1. The largest absolute Gasteiger partial charge is 0.481 e. The highest BCUT2D eigenvalue weighted by atomic mass is 32.2. The molecule has 13 nitrogen and oxygen atoms in total. The van der Waals surface area contributed by atoms with E-state index in [1.165, 1.54) is 18.2 Å². The Hall–Kier alpha value is -3.83. The molecule has 0 fully saturated rings. The first-order chi connectivity index (χ1) is 15.5. The van der Waals surface area contributed by atoms with Gasteiger partial charge in [-0.15, -0.1) is 11.8 Å². The van der Waals surface area contributed by atoms with Crippen molar-refractivity contribution in [2.45, 2.75) is 18.3 Å². The Bertz CT molecular complexity index is 1070. The van der Waals surface area contributed by atoms with Gasteiger partial charge in [0, 0.05) is 26.6 Å². The van der Waals surface area contributed by atoms with Gasteiger partial charge in [0.2, 0.25) is 0 Å². The Morgan fingerprint density at radius 2 is 2.12 bits per heavy atom. The lowest BCUT2D eigenvalue weighted by Crippen LogP contribution is -2.47. The first-order valence-corrected chi connectivity index (χ1v) is 10.7. The minimum Gasteiger partial charge on any atom is -0.481 e. The number of carboxylic acids is 2. The van der Waals surface area contributed by atoms with E-state index >= 15 is 0 Å². The van der Waals surface area contributed by atoms with Gasteiger partial charge in [0.25, 0.3) is 5.88 Å². The van der Waals surface area contributed by atoms with Crippen LogP contribution < -0.4 is 15.5 Å². The van der Waals surface area contributed by atoms with Crippen LogP contribution in [0.15, 0.2) is 34.8 Å². The lowest BCUT2D eigenvalue weighted by Gasteiger charge is -2.31. The fraction of sp³-hybridized carbons (Fsp3) is 0.368. The monoisotopic (exact) mass is 478 g/mol. The summed E-state index contributed by atoms with van der Waals surface area (Å²) in [5.41, 5.74) is -1.36. The van der Waals surface area contributed by atoms with Gasteiger partial charge in [-0.05, 0) is 24.8 Å². The molecule has 14 heteroatoms. The Balaban J connectivity index is 2.64. The van der Waals surface area contributed by atoms with Crippen molar-refractivity contribution < 1.29 is 29.5 Å². The van der Waals surface area contributed by atoms with Crippen LogP contribution in [0.4, 0.5) is 5.69 Å². The van der Waals surface area contributed by atoms with Gasteiger partial charge >= 0.3 is 17.6 Å². The zero-order valence-electron chi connectivity index (χ0n) is 18.0. The van der Waals surface area contributed by atoms with E-state index in [1.807, 2.05) is 6.07 Å². The Morgan fingerprint density at radius 3 is 2.61 bits per heavy atom. The van der Waals surface area contributed by atoms with E-state index in [0.29, 0.717) is 11.3 Å². The third kappa shape index (κ3) is 5.70. The average Bonchev–Trinajstić information content (AvgIpc) is 2.74. The van der Waals surface area contributed by atoms with Gasteiger partial charge in [-0.3, -0.25) is 19.7 Å². The molecule has 33 heavy (non-hydrogen) atoms. The van der Waals surface area contributed by atoms with Crippen molar-refractivity contribution >= 4 is 35.1 Å². The van der Waals surface area contributed by atoms with Gasteiger partial charge in [-0.1, -0.05) is 0 Å². The zero-order chi connectivity index (χ0) is 24.9. The number of hydrogen-bond donors (Lipinski definition) is 3. The number of nitrogens with two attached hydrogens (primary N) is 1. The molecule has 4 N–H and O–H groups in total. The Kier molecular flexibility index (Phi) is 8.21. The smallest absolute Gasteiger partial charge is 0.352 e. The number of nitriles is 1. The maximum atomic E-state index is 12.0. The van der Waals surface area contributed by atoms with Gasteiger partial charge in [-0.25, -0.2) is 15.8 Å². The zero-order valence-corrected chi connectivity index (χ0v) is 18.8. The molecule has 0 aromatic heterocycles. The molecule has 0 aliphatic carbocycles. The molecule has 0 amide bonds. The number of hydrogen-bond acceptors (Lipinski definition) is 11. The number of hydrazine groups is 1. The predicted octanol–water partition coefficient (Wildman–Crippen LogP) is 1.29. The van der Waals surface area contributed by atoms with E-state index in [0.717, 1.165) is 16.8 Å². The van der Waals surface area contributed by atoms with Crippen LogP contribution in [-0.4, -0.2) is 63.6 Å². The number of aliphatic carboxylic acids is 2. The molecule has 1 heterocycles. The number of aliphatic imine (C=N–C) groups is 1. The molecule has 0 radical (unpaired) electrons. The summed E-state index contributed by atoms with van der Waals surface area (Å²) in [7, 11) is 3.40. The molecule has 0 spiro atoms. The lowest BCUT2D eigenvalue weighted by molar-refractivity contribution is -0.420. The highest BCUT2D eigenvalue weighted by Gasteiger charge is 2.43. The summed E-state index contributed by atoms with van der Waals surface area (Å²) in [5.74, 6) is 1.41. The quantitative estimate of drug-likeness (QED) is 0.248. The van der Waals surface area contributed by atoms with Crippen molar-refractivity contribution in [2.75, 3.05) is 25.3 Å². The third-order valence-corrected chi connectivity index (χ3v) is 5.38. The van der Waals surface area contributed by atoms with Crippen LogP contribution in [-0.2, 0) is 9.59 Å². The predicted molar refractivity (Wildman–Crippen MR) is 119 cm³/mol. The normalized spacial score (nSPS) is 16.5. The van der Waals surface area contributed by atoms with Crippen molar-refractivity contribution in [1.29, 1.82) is 5.26 Å². The van der Waals surface area contributed by atoms with Crippen molar-refractivity contribution in [2.24, 2.45) is 16.8 Å². The molecule has 2 rings (SSSR count).